The van der Waals surface area contributed by atoms with Crippen molar-refractivity contribution in [3.8, 4) is 0 Å². The molecule has 0 radical (unpaired) electrons. The lowest BCUT2D eigenvalue weighted by Gasteiger charge is -2.43. The number of aryl methyl sites for hydroxylation is 1. The Kier molecular flexibility index (Phi) is 2.94. The van der Waals surface area contributed by atoms with Gasteiger partial charge in [0.25, 0.3) is 0 Å². The minimum absolute atomic E-state index is 0.123. The van der Waals surface area contributed by atoms with Crippen molar-refractivity contribution in [3.05, 3.63) is 29.7 Å². The van der Waals surface area contributed by atoms with E-state index in [2.05, 4.69) is 10.1 Å². The molecule has 2 saturated heterocycles. The van der Waals surface area contributed by atoms with Crippen molar-refractivity contribution in [1.29, 1.82) is 0 Å². The quantitative estimate of drug-likeness (QED) is 0.870. The summed E-state index contributed by atoms with van der Waals surface area (Å²) < 4.78 is 14.0. The Hall–Kier alpha value is -1.27. The van der Waals surface area contributed by atoms with Gasteiger partial charge in [-0.2, -0.15) is 5.10 Å². The Labute approximate surface area is 125 Å². The second kappa shape index (κ2) is 4.61. The van der Waals surface area contributed by atoms with Gasteiger partial charge in [0, 0.05) is 45.3 Å². The van der Waals surface area contributed by atoms with E-state index in [9.17, 15) is 9.32 Å². The fourth-order valence-electron chi connectivity index (χ4n) is 3.75. The fourth-order valence-corrected chi connectivity index (χ4v) is 5.98. The lowest BCUT2D eigenvalue weighted by atomic mass is 9.81. The van der Waals surface area contributed by atoms with Crippen molar-refractivity contribution in [1.82, 2.24) is 14.6 Å². The topological polar surface area (TPSA) is 67.5 Å². The molecular weight excluding hydrogens is 286 g/mol. The highest BCUT2D eigenvalue weighted by atomic mass is 32.2. The predicted molar refractivity (Wildman–Crippen MR) is 80.4 cm³/mol. The number of aliphatic hydroxyl groups is 1. The van der Waals surface area contributed by atoms with Gasteiger partial charge >= 0.3 is 0 Å². The molecule has 2 aromatic rings. The fraction of sp³-hybridized carbons (Fsp3) is 0.600. The molecular formula is C15H19N3O2S. The van der Waals surface area contributed by atoms with Crippen LogP contribution in [0.3, 0.4) is 0 Å². The van der Waals surface area contributed by atoms with E-state index in [-0.39, 0.29) is 10.5 Å². The summed E-state index contributed by atoms with van der Waals surface area (Å²) in [5, 5.41) is 15.7. The lowest BCUT2D eigenvalue weighted by molar-refractivity contribution is 0.00580. The van der Waals surface area contributed by atoms with Crippen molar-refractivity contribution < 1.29 is 9.32 Å². The zero-order chi connectivity index (χ0) is 14.6. The van der Waals surface area contributed by atoms with E-state index in [1.54, 1.807) is 10.7 Å². The molecule has 0 aliphatic carbocycles. The summed E-state index contributed by atoms with van der Waals surface area (Å²) in [6.45, 7) is 1.93. The van der Waals surface area contributed by atoms with Gasteiger partial charge in [0.1, 0.15) is 0 Å². The third-order valence-corrected chi connectivity index (χ3v) is 6.93. The minimum Gasteiger partial charge on any atom is -0.385 e. The van der Waals surface area contributed by atoms with E-state index in [0.29, 0.717) is 12.8 Å². The predicted octanol–water partition coefficient (Wildman–Crippen LogP) is 1.69. The maximum Gasteiger partial charge on any atom is 0.155 e. The molecule has 2 bridgehead atoms. The van der Waals surface area contributed by atoms with Crippen LogP contribution < -0.4 is 0 Å². The summed E-state index contributed by atoms with van der Waals surface area (Å²) in [4.78, 5) is 4.40. The van der Waals surface area contributed by atoms with Crippen molar-refractivity contribution in [2.24, 2.45) is 0 Å². The first-order valence-electron chi connectivity index (χ1n) is 7.49. The van der Waals surface area contributed by atoms with Gasteiger partial charge in [-0.25, -0.2) is 9.50 Å². The first-order valence-corrected chi connectivity index (χ1v) is 8.77. The number of hydrogen-bond donors (Lipinski definition) is 1. The molecule has 0 spiro atoms. The monoisotopic (exact) mass is 305 g/mol. The number of hydrogen-bond acceptors (Lipinski definition) is 4. The standard InChI is InChI=1S/C15H19N3O2S/c1-10-5-14-16-8-11(9-18(14)17-10)15(19)6-12-3-2-4-13(7-15)21(12)20/h5,8-9,12-13,19H,2-4,6-7H2,1H3. The first kappa shape index (κ1) is 13.4. The van der Waals surface area contributed by atoms with Gasteiger partial charge in [0.05, 0.1) is 11.3 Å². The highest BCUT2D eigenvalue weighted by Gasteiger charge is 2.46. The largest absolute Gasteiger partial charge is 0.385 e. The number of nitrogens with zero attached hydrogens (tertiary/aromatic N) is 3. The molecule has 0 aromatic carbocycles. The molecule has 2 atom stereocenters. The highest BCUT2D eigenvalue weighted by Crippen LogP contribution is 2.44. The molecule has 2 aliphatic heterocycles. The van der Waals surface area contributed by atoms with Crippen LogP contribution in [0.4, 0.5) is 0 Å². The van der Waals surface area contributed by atoms with Gasteiger partial charge in [-0.1, -0.05) is 6.42 Å². The van der Waals surface area contributed by atoms with Crippen molar-refractivity contribution in [3.63, 3.8) is 0 Å². The summed E-state index contributed by atoms with van der Waals surface area (Å²) >= 11 is 0. The van der Waals surface area contributed by atoms with Crippen LogP contribution >= 0.6 is 0 Å². The van der Waals surface area contributed by atoms with E-state index in [0.717, 1.165) is 36.2 Å². The average Bonchev–Trinajstić information content (AvgIpc) is 2.80. The third kappa shape index (κ3) is 2.12. The molecule has 1 N–H and O–H groups in total. The minimum atomic E-state index is -0.912. The first-order chi connectivity index (χ1) is 10.0. The smallest absolute Gasteiger partial charge is 0.155 e. The molecule has 0 amide bonds. The van der Waals surface area contributed by atoms with E-state index < -0.39 is 16.4 Å². The molecule has 4 rings (SSSR count). The van der Waals surface area contributed by atoms with E-state index >= 15 is 0 Å². The SMILES string of the molecule is Cc1cc2ncc(C3(O)CC4CCCC(C3)S4=O)cn2n1. The second-order valence-corrected chi connectivity index (χ2v) is 8.36. The van der Waals surface area contributed by atoms with Gasteiger partial charge in [0.15, 0.2) is 5.65 Å². The van der Waals surface area contributed by atoms with Crippen molar-refractivity contribution in [2.75, 3.05) is 0 Å². The maximum atomic E-state index is 12.3. The van der Waals surface area contributed by atoms with Gasteiger partial charge in [-0.3, -0.25) is 4.21 Å². The van der Waals surface area contributed by atoms with Gasteiger partial charge < -0.3 is 5.11 Å². The Morgan fingerprint density at radius 2 is 2.10 bits per heavy atom. The Morgan fingerprint density at radius 3 is 2.81 bits per heavy atom. The van der Waals surface area contributed by atoms with Crippen LogP contribution in [-0.4, -0.2) is 34.4 Å². The molecule has 4 heterocycles. The summed E-state index contributed by atoms with van der Waals surface area (Å²) in [6.07, 6.45) is 7.82. The van der Waals surface area contributed by atoms with Gasteiger partial charge in [0.2, 0.25) is 0 Å². The van der Waals surface area contributed by atoms with Crippen molar-refractivity contribution >= 4 is 16.4 Å². The van der Waals surface area contributed by atoms with Crippen LogP contribution in [0, 0.1) is 6.92 Å². The molecule has 6 heteroatoms. The average molecular weight is 305 g/mol. The molecule has 0 saturated carbocycles. The van der Waals surface area contributed by atoms with Crippen LogP contribution in [-0.2, 0) is 16.4 Å². The van der Waals surface area contributed by atoms with Gasteiger partial charge in [-0.05, 0) is 32.6 Å². The molecule has 2 unspecified atom stereocenters. The summed E-state index contributed by atoms with van der Waals surface area (Å²) in [6, 6.07) is 1.92. The summed E-state index contributed by atoms with van der Waals surface area (Å²) in [5.41, 5.74) is 1.59. The molecule has 112 valence electrons. The zero-order valence-electron chi connectivity index (χ0n) is 12.0. The summed E-state index contributed by atoms with van der Waals surface area (Å²) in [5.74, 6) is 0. The van der Waals surface area contributed by atoms with Crippen LogP contribution in [0.1, 0.15) is 43.4 Å². The molecule has 21 heavy (non-hydrogen) atoms. The van der Waals surface area contributed by atoms with Crippen LogP contribution in [0.5, 0.6) is 0 Å². The Bertz CT molecular complexity index is 711. The van der Waals surface area contributed by atoms with Crippen LogP contribution in [0.15, 0.2) is 18.5 Å². The third-order valence-electron chi connectivity index (χ3n) is 4.81. The Balaban J connectivity index is 1.74. The number of rotatable bonds is 1. The number of aromatic nitrogens is 3. The zero-order valence-corrected chi connectivity index (χ0v) is 12.8. The second-order valence-electron chi connectivity index (χ2n) is 6.37. The highest BCUT2D eigenvalue weighted by molar-refractivity contribution is 7.86. The van der Waals surface area contributed by atoms with E-state index in [1.165, 1.54) is 0 Å². The number of fused-ring (bicyclic) bond motifs is 3. The molecule has 5 nitrogen and oxygen atoms in total. The van der Waals surface area contributed by atoms with Crippen LogP contribution in [0.25, 0.3) is 5.65 Å². The van der Waals surface area contributed by atoms with E-state index in [4.69, 9.17) is 0 Å². The normalized spacial score (nSPS) is 36.0. The van der Waals surface area contributed by atoms with Crippen molar-refractivity contribution in [2.45, 2.75) is 55.1 Å². The molecule has 2 fully saturated rings. The maximum absolute atomic E-state index is 12.3. The summed E-state index contributed by atoms with van der Waals surface area (Å²) in [7, 11) is -0.782. The molecule has 2 aromatic heterocycles. The molecule has 2 aliphatic rings. The Morgan fingerprint density at radius 1 is 1.38 bits per heavy atom. The van der Waals surface area contributed by atoms with Crippen LogP contribution in [0.2, 0.25) is 0 Å². The van der Waals surface area contributed by atoms with E-state index in [1.807, 2.05) is 19.2 Å². The van der Waals surface area contributed by atoms with Gasteiger partial charge in [-0.15, -0.1) is 0 Å². The lowest BCUT2D eigenvalue weighted by Crippen LogP contribution is -2.47.